The summed E-state index contributed by atoms with van der Waals surface area (Å²) in [5.74, 6) is -0.138. The van der Waals surface area contributed by atoms with Gasteiger partial charge in [0, 0.05) is 35.9 Å². The highest BCUT2D eigenvalue weighted by Gasteiger charge is 2.10. The molecule has 0 atom stereocenters. The Morgan fingerprint density at radius 2 is 2.10 bits per heavy atom. The summed E-state index contributed by atoms with van der Waals surface area (Å²) in [6, 6.07) is 4.87. The third-order valence-electron chi connectivity index (χ3n) is 3.22. The first-order valence-electron chi connectivity index (χ1n) is 6.79. The quantitative estimate of drug-likeness (QED) is 0.636. The molecule has 1 aliphatic rings. The number of rotatable bonds is 5. The van der Waals surface area contributed by atoms with Crippen LogP contribution in [0.4, 0.5) is 5.69 Å². The van der Waals surface area contributed by atoms with E-state index in [1.807, 2.05) is 0 Å². The van der Waals surface area contributed by atoms with Crippen molar-refractivity contribution in [2.75, 3.05) is 45.1 Å². The fourth-order valence-electron chi connectivity index (χ4n) is 2.17. The Hall–Kier alpha value is -1.30. The van der Waals surface area contributed by atoms with Crippen LogP contribution in [-0.4, -0.2) is 50.2 Å². The second-order valence-electron chi connectivity index (χ2n) is 4.84. The Balaban J connectivity index is 1.71. The van der Waals surface area contributed by atoms with Crippen LogP contribution in [0.5, 0.6) is 0 Å². The zero-order valence-electron chi connectivity index (χ0n) is 11.4. The highest BCUT2D eigenvalue weighted by Crippen LogP contribution is 2.16. The maximum atomic E-state index is 11.9. The minimum absolute atomic E-state index is 0.138. The molecule has 1 fully saturated rings. The maximum absolute atomic E-state index is 11.9. The number of hydrogen-bond acceptors (Lipinski definition) is 4. The van der Waals surface area contributed by atoms with Crippen molar-refractivity contribution in [2.24, 2.45) is 0 Å². The SMILES string of the molecule is Nc1cc(Cl)cc(C(=O)NCCCN2CCOCC2)c1. The summed E-state index contributed by atoms with van der Waals surface area (Å²) in [7, 11) is 0. The van der Waals surface area contributed by atoms with Crippen LogP contribution in [0.15, 0.2) is 18.2 Å². The first-order chi connectivity index (χ1) is 9.65. The summed E-state index contributed by atoms with van der Waals surface area (Å²) < 4.78 is 5.29. The van der Waals surface area contributed by atoms with Gasteiger partial charge in [0.25, 0.3) is 5.91 Å². The van der Waals surface area contributed by atoms with Crippen LogP contribution in [0, 0.1) is 0 Å². The van der Waals surface area contributed by atoms with Crippen molar-refractivity contribution in [2.45, 2.75) is 6.42 Å². The van der Waals surface area contributed by atoms with Crippen LogP contribution < -0.4 is 11.1 Å². The molecule has 0 aliphatic carbocycles. The maximum Gasteiger partial charge on any atom is 0.251 e. The predicted octanol–water partition coefficient (Wildman–Crippen LogP) is 1.37. The Morgan fingerprint density at radius 3 is 2.80 bits per heavy atom. The van der Waals surface area contributed by atoms with Gasteiger partial charge in [-0.1, -0.05) is 11.6 Å². The molecule has 2 rings (SSSR count). The van der Waals surface area contributed by atoms with Gasteiger partial charge >= 0.3 is 0 Å². The van der Waals surface area contributed by atoms with Gasteiger partial charge in [-0.2, -0.15) is 0 Å². The van der Waals surface area contributed by atoms with Crippen LogP contribution >= 0.6 is 11.6 Å². The summed E-state index contributed by atoms with van der Waals surface area (Å²) in [4.78, 5) is 14.3. The van der Waals surface area contributed by atoms with E-state index < -0.39 is 0 Å². The van der Waals surface area contributed by atoms with Crippen LogP contribution in [0.25, 0.3) is 0 Å². The molecule has 1 heterocycles. The lowest BCUT2D eigenvalue weighted by atomic mass is 10.2. The van der Waals surface area contributed by atoms with Crippen molar-refractivity contribution in [3.63, 3.8) is 0 Å². The van der Waals surface area contributed by atoms with Crippen molar-refractivity contribution in [1.82, 2.24) is 10.2 Å². The molecule has 1 amide bonds. The number of nitrogens with zero attached hydrogens (tertiary/aromatic N) is 1. The van der Waals surface area contributed by atoms with E-state index >= 15 is 0 Å². The number of carbonyl (C=O) groups is 1. The number of nitrogens with two attached hydrogens (primary N) is 1. The number of nitrogens with one attached hydrogen (secondary N) is 1. The lowest BCUT2D eigenvalue weighted by Gasteiger charge is -2.26. The minimum Gasteiger partial charge on any atom is -0.399 e. The number of hydrogen-bond donors (Lipinski definition) is 2. The molecule has 1 aromatic carbocycles. The van der Waals surface area contributed by atoms with Crippen LogP contribution in [-0.2, 0) is 4.74 Å². The van der Waals surface area contributed by atoms with Crippen molar-refractivity contribution >= 4 is 23.2 Å². The molecule has 0 unspecified atom stereocenters. The lowest BCUT2D eigenvalue weighted by Crippen LogP contribution is -2.38. The number of ether oxygens (including phenoxy) is 1. The fraction of sp³-hybridized carbons (Fsp3) is 0.500. The summed E-state index contributed by atoms with van der Waals surface area (Å²) in [6.07, 6.45) is 0.918. The Morgan fingerprint density at radius 1 is 1.35 bits per heavy atom. The molecule has 1 aromatic rings. The van der Waals surface area contributed by atoms with Gasteiger partial charge in [-0.3, -0.25) is 9.69 Å². The normalized spacial score (nSPS) is 16.1. The second-order valence-corrected chi connectivity index (χ2v) is 5.27. The molecule has 110 valence electrons. The molecule has 3 N–H and O–H groups in total. The molecule has 0 spiro atoms. The number of morpholine rings is 1. The smallest absolute Gasteiger partial charge is 0.251 e. The number of halogens is 1. The number of benzene rings is 1. The van der Waals surface area contributed by atoms with Gasteiger partial charge in [0.2, 0.25) is 0 Å². The largest absolute Gasteiger partial charge is 0.399 e. The summed E-state index contributed by atoms with van der Waals surface area (Å²) in [5.41, 5.74) is 6.66. The molecule has 0 bridgehead atoms. The molecule has 0 aromatic heterocycles. The molecule has 20 heavy (non-hydrogen) atoms. The first kappa shape index (κ1) is 15.1. The minimum atomic E-state index is -0.138. The van der Waals surface area contributed by atoms with Gasteiger partial charge in [-0.15, -0.1) is 0 Å². The number of anilines is 1. The van der Waals surface area contributed by atoms with Crippen molar-refractivity contribution in [3.8, 4) is 0 Å². The zero-order chi connectivity index (χ0) is 14.4. The predicted molar refractivity (Wildman–Crippen MR) is 80.1 cm³/mol. The van der Waals surface area contributed by atoms with Crippen molar-refractivity contribution < 1.29 is 9.53 Å². The Bertz CT molecular complexity index is 441. The number of nitrogen functional groups attached to an aromatic ring is 1. The van der Waals surface area contributed by atoms with Gasteiger partial charge in [-0.25, -0.2) is 0 Å². The average Bonchev–Trinajstić information content (AvgIpc) is 2.43. The van der Waals surface area contributed by atoms with Crippen LogP contribution in [0.3, 0.4) is 0 Å². The van der Waals surface area contributed by atoms with E-state index in [9.17, 15) is 4.79 Å². The van der Waals surface area contributed by atoms with E-state index in [0.29, 0.717) is 22.8 Å². The Kier molecular flexibility index (Phi) is 5.64. The molecule has 1 saturated heterocycles. The van der Waals surface area contributed by atoms with Crippen LogP contribution in [0.2, 0.25) is 5.02 Å². The lowest BCUT2D eigenvalue weighted by molar-refractivity contribution is 0.0374. The van der Waals surface area contributed by atoms with E-state index in [1.54, 1.807) is 18.2 Å². The standard InChI is InChI=1S/C14H20ClN3O2/c15-12-8-11(9-13(16)10-12)14(19)17-2-1-3-18-4-6-20-7-5-18/h8-10H,1-7,16H2,(H,17,19). The van der Waals surface area contributed by atoms with E-state index in [-0.39, 0.29) is 5.91 Å². The number of amides is 1. The third kappa shape index (κ3) is 4.67. The third-order valence-corrected chi connectivity index (χ3v) is 3.44. The molecular weight excluding hydrogens is 278 g/mol. The van der Waals surface area contributed by atoms with Crippen molar-refractivity contribution in [1.29, 1.82) is 0 Å². The first-order valence-corrected chi connectivity index (χ1v) is 7.17. The van der Waals surface area contributed by atoms with Gasteiger partial charge in [0.15, 0.2) is 0 Å². The highest BCUT2D eigenvalue weighted by atomic mass is 35.5. The second kappa shape index (κ2) is 7.47. The summed E-state index contributed by atoms with van der Waals surface area (Å²) in [5, 5.41) is 3.36. The summed E-state index contributed by atoms with van der Waals surface area (Å²) >= 11 is 5.88. The van der Waals surface area contributed by atoms with Gasteiger partial charge in [0.1, 0.15) is 0 Å². The van der Waals surface area contributed by atoms with E-state index in [4.69, 9.17) is 22.1 Å². The van der Waals surface area contributed by atoms with Gasteiger partial charge in [0.05, 0.1) is 13.2 Å². The van der Waals surface area contributed by atoms with Crippen LogP contribution in [0.1, 0.15) is 16.8 Å². The van der Waals surface area contributed by atoms with E-state index in [1.165, 1.54) is 0 Å². The van der Waals surface area contributed by atoms with Crippen molar-refractivity contribution in [3.05, 3.63) is 28.8 Å². The Labute approximate surface area is 124 Å². The number of carbonyl (C=O) groups excluding carboxylic acids is 1. The molecule has 0 radical (unpaired) electrons. The highest BCUT2D eigenvalue weighted by molar-refractivity contribution is 6.31. The molecule has 0 saturated carbocycles. The summed E-state index contributed by atoms with van der Waals surface area (Å²) in [6.45, 7) is 5.16. The fourth-order valence-corrected chi connectivity index (χ4v) is 2.42. The zero-order valence-corrected chi connectivity index (χ0v) is 12.2. The molecule has 5 nitrogen and oxygen atoms in total. The topological polar surface area (TPSA) is 67.6 Å². The molecule has 6 heteroatoms. The molecule has 1 aliphatic heterocycles. The average molecular weight is 298 g/mol. The van der Waals surface area contributed by atoms with Gasteiger partial charge < -0.3 is 15.8 Å². The van der Waals surface area contributed by atoms with E-state index in [2.05, 4.69) is 10.2 Å². The monoisotopic (exact) mass is 297 g/mol. The van der Waals surface area contributed by atoms with Gasteiger partial charge in [-0.05, 0) is 31.2 Å². The molecular formula is C14H20ClN3O2. The van der Waals surface area contributed by atoms with E-state index in [0.717, 1.165) is 39.3 Å².